The maximum Gasteiger partial charge on any atom is 0.338 e. The van der Waals surface area contributed by atoms with E-state index in [9.17, 15) is 14.7 Å². The standard InChI is InChI=1S/C24H21ClN2O5S/c1-4-32-23(30)20-13(2)26-24-27(21(20)14-6-5-7-17(11-14)31-3)22(29)19(33-24)12-15-10-16(25)8-9-18(15)28/h5-12,21,28H,4H2,1-3H3. The third-order valence-electron chi connectivity index (χ3n) is 5.20. The zero-order valence-corrected chi connectivity index (χ0v) is 19.7. The minimum absolute atomic E-state index is 0.00188. The zero-order chi connectivity index (χ0) is 23.7. The van der Waals surface area contributed by atoms with Crippen LogP contribution in [-0.2, 0) is 9.53 Å². The Morgan fingerprint density at radius 3 is 2.82 bits per heavy atom. The maximum absolute atomic E-state index is 13.5. The fourth-order valence-corrected chi connectivity index (χ4v) is 4.92. The maximum atomic E-state index is 13.5. The van der Waals surface area contributed by atoms with Crippen molar-refractivity contribution in [3.63, 3.8) is 0 Å². The van der Waals surface area contributed by atoms with E-state index in [-0.39, 0.29) is 23.5 Å². The number of carbonyl (C=O) groups excluding carboxylic acids is 1. The van der Waals surface area contributed by atoms with Crippen molar-refractivity contribution in [3.8, 4) is 11.5 Å². The van der Waals surface area contributed by atoms with E-state index in [0.717, 1.165) is 0 Å². The Hall–Kier alpha value is -3.36. The Morgan fingerprint density at radius 1 is 1.30 bits per heavy atom. The molecule has 4 rings (SSSR count). The van der Waals surface area contributed by atoms with Crippen molar-refractivity contribution in [2.45, 2.75) is 19.9 Å². The zero-order valence-electron chi connectivity index (χ0n) is 18.2. The molecule has 0 amide bonds. The highest BCUT2D eigenvalue weighted by Gasteiger charge is 2.33. The van der Waals surface area contributed by atoms with Gasteiger partial charge in [0.1, 0.15) is 11.5 Å². The van der Waals surface area contributed by atoms with Crippen LogP contribution in [0.25, 0.3) is 6.08 Å². The lowest BCUT2D eigenvalue weighted by Crippen LogP contribution is -2.39. The summed E-state index contributed by atoms with van der Waals surface area (Å²) in [6.45, 7) is 3.64. The van der Waals surface area contributed by atoms with Gasteiger partial charge in [0.2, 0.25) is 0 Å². The summed E-state index contributed by atoms with van der Waals surface area (Å²) in [5, 5.41) is 10.6. The summed E-state index contributed by atoms with van der Waals surface area (Å²) < 4.78 is 12.5. The first-order chi connectivity index (χ1) is 15.8. The van der Waals surface area contributed by atoms with Gasteiger partial charge in [0, 0.05) is 10.6 Å². The van der Waals surface area contributed by atoms with E-state index in [0.29, 0.717) is 36.9 Å². The molecule has 0 saturated carbocycles. The number of carbonyl (C=O) groups is 1. The number of halogens is 1. The average Bonchev–Trinajstić information content (AvgIpc) is 3.10. The van der Waals surface area contributed by atoms with Crippen LogP contribution in [0.1, 0.15) is 31.0 Å². The van der Waals surface area contributed by atoms with Crippen LogP contribution in [0.3, 0.4) is 0 Å². The topological polar surface area (TPSA) is 90.1 Å². The molecule has 1 aliphatic rings. The fraction of sp³-hybridized carbons (Fsp3) is 0.208. The lowest BCUT2D eigenvalue weighted by molar-refractivity contribution is -0.139. The Bertz CT molecular complexity index is 1450. The first-order valence-corrected chi connectivity index (χ1v) is 11.4. The Labute approximate surface area is 198 Å². The molecule has 1 aromatic heterocycles. The van der Waals surface area contributed by atoms with Crippen LogP contribution in [0.2, 0.25) is 5.02 Å². The predicted molar refractivity (Wildman–Crippen MR) is 127 cm³/mol. The van der Waals surface area contributed by atoms with Gasteiger partial charge in [0.05, 0.1) is 35.6 Å². The van der Waals surface area contributed by atoms with Crippen molar-refractivity contribution < 1.29 is 19.4 Å². The number of aromatic nitrogens is 1. The highest BCUT2D eigenvalue weighted by molar-refractivity contribution is 7.07. The highest BCUT2D eigenvalue weighted by Crippen LogP contribution is 2.32. The number of allylic oxidation sites excluding steroid dienone is 1. The van der Waals surface area contributed by atoms with Crippen LogP contribution < -0.4 is 19.6 Å². The molecule has 0 bridgehead atoms. The molecular formula is C24H21ClN2O5S. The van der Waals surface area contributed by atoms with E-state index in [1.807, 2.05) is 6.07 Å². The van der Waals surface area contributed by atoms with E-state index >= 15 is 0 Å². The van der Waals surface area contributed by atoms with Crippen LogP contribution in [0, 0.1) is 0 Å². The molecule has 0 aliphatic carbocycles. The van der Waals surface area contributed by atoms with Gasteiger partial charge in [-0.15, -0.1) is 0 Å². The third kappa shape index (κ3) is 4.31. The van der Waals surface area contributed by atoms with Gasteiger partial charge in [0.15, 0.2) is 4.80 Å². The second-order valence-electron chi connectivity index (χ2n) is 7.28. The minimum Gasteiger partial charge on any atom is -0.507 e. The number of phenols is 1. The fourth-order valence-electron chi connectivity index (χ4n) is 3.70. The number of benzene rings is 2. The number of phenolic OH excluding ortho intramolecular Hbond substituents is 1. The number of ether oxygens (including phenoxy) is 2. The molecule has 9 heteroatoms. The largest absolute Gasteiger partial charge is 0.507 e. The van der Waals surface area contributed by atoms with Crippen LogP contribution in [0.15, 0.2) is 63.5 Å². The molecule has 2 heterocycles. The number of hydrogen-bond acceptors (Lipinski definition) is 7. The molecule has 2 aromatic carbocycles. The molecule has 0 radical (unpaired) electrons. The normalized spacial score (nSPS) is 15.8. The molecule has 170 valence electrons. The number of thiazole rings is 1. The molecule has 1 unspecified atom stereocenters. The van der Waals surface area contributed by atoms with E-state index in [1.54, 1.807) is 57.4 Å². The quantitative estimate of drug-likeness (QED) is 0.562. The van der Waals surface area contributed by atoms with Gasteiger partial charge in [-0.25, -0.2) is 9.79 Å². The van der Waals surface area contributed by atoms with Crippen LogP contribution >= 0.6 is 22.9 Å². The predicted octanol–water partition coefficient (Wildman–Crippen LogP) is 3.17. The molecule has 0 saturated heterocycles. The number of fused-ring (bicyclic) bond motifs is 1. The van der Waals surface area contributed by atoms with Crippen LogP contribution in [0.4, 0.5) is 0 Å². The number of nitrogens with zero attached hydrogens (tertiary/aromatic N) is 2. The van der Waals surface area contributed by atoms with Crippen molar-refractivity contribution in [1.82, 2.24) is 4.57 Å². The van der Waals surface area contributed by atoms with Crippen molar-refractivity contribution in [2.24, 2.45) is 4.99 Å². The molecule has 0 spiro atoms. The molecule has 33 heavy (non-hydrogen) atoms. The minimum atomic E-state index is -0.745. The summed E-state index contributed by atoms with van der Waals surface area (Å²) in [5.74, 6) is 0.0580. The highest BCUT2D eigenvalue weighted by atomic mass is 35.5. The second kappa shape index (κ2) is 9.25. The first-order valence-electron chi connectivity index (χ1n) is 10.2. The molecule has 7 nitrogen and oxygen atoms in total. The Balaban J connectivity index is 1.98. The first kappa shape index (κ1) is 22.8. The van der Waals surface area contributed by atoms with Gasteiger partial charge in [0.25, 0.3) is 5.56 Å². The van der Waals surface area contributed by atoms with Crippen molar-refractivity contribution >= 4 is 35.0 Å². The molecule has 1 N–H and O–H groups in total. The van der Waals surface area contributed by atoms with Crippen molar-refractivity contribution in [2.75, 3.05) is 13.7 Å². The van der Waals surface area contributed by atoms with E-state index in [1.165, 1.54) is 22.0 Å². The van der Waals surface area contributed by atoms with Gasteiger partial charge in [-0.2, -0.15) is 0 Å². The molecule has 3 aromatic rings. The molecular weight excluding hydrogens is 464 g/mol. The van der Waals surface area contributed by atoms with Gasteiger partial charge < -0.3 is 14.6 Å². The average molecular weight is 485 g/mol. The smallest absolute Gasteiger partial charge is 0.338 e. The summed E-state index contributed by atoms with van der Waals surface area (Å²) in [5.41, 5.74) is 1.51. The molecule has 0 fully saturated rings. The summed E-state index contributed by atoms with van der Waals surface area (Å²) in [6, 6.07) is 11.0. The third-order valence-corrected chi connectivity index (χ3v) is 6.42. The van der Waals surface area contributed by atoms with Crippen molar-refractivity contribution in [1.29, 1.82) is 0 Å². The number of esters is 1. The van der Waals surface area contributed by atoms with Crippen molar-refractivity contribution in [3.05, 3.63) is 89.6 Å². The second-order valence-corrected chi connectivity index (χ2v) is 8.73. The Kier molecular flexibility index (Phi) is 6.40. The summed E-state index contributed by atoms with van der Waals surface area (Å²) in [7, 11) is 1.55. The Morgan fingerprint density at radius 2 is 2.09 bits per heavy atom. The lowest BCUT2D eigenvalue weighted by Gasteiger charge is -2.25. The monoisotopic (exact) mass is 484 g/mol. The van der Waals surface area contributed by atoms with Gasteiger partial charge >= 0.3 is 5.97 Å². The number of methoxy groups -OCH3 is 1. The summed E-state index contributed by atoms with van der Waals surface area (Å²) >= 11 is 7.23. The number of rotatable bonds is 5. The number of aromatic hydroxyl groups is 1. The molecule has 1 atom stereocenters. The van der Waals surface area contributed by atoms with Gasteiger partial charge in [-0.05, 0) is 55.8 Å². The van der Waals surface area contributed by atoms with Crippen LogP contribution in [-0.4, -0.2) is 29.4 Å². The summed E-state index contributed by atoms with van der Waals surface area (Å²) in [4.78, 5) is 31.4. The van der Waals surface area contributed by atoms with Gasteiger partial charge in [-0.1, -0.05) is 35.1 Å². The number of hydrogen-bond donors (Lipinski definition) is 1. The molecule has 1 aliphatic heterocycles. The summed E-state index contributed by atoms with van der Waals surface area (Å²) in [6.07, 6.45) is 1.57. The van der Waals surface area contributed by atoms with E-state index < -0.39 is 12.0 Å². The SMILES string of the molecule is CCOC(=O)C1=C(C)N=c2sc(=Cc3cc(Cl)ccc3O)c(=O)n2C1c1cccc(OC)c1. The lowest BCUT2D eigenvalue weighted by atomic mass is 9.95. The van der Waals surface area contributed by atoms with E-state index in [4.69, 9.17) is 21.1 Å². The van der Waals surface area contributed by atoms with Gasteiger partial charge in [-0.3, -0.25) is 9.36 Å². The van der Waals surface area contributed by atoms with Crippen LogP contribution in [0.5, 0.6) is 11.5 Å². The van der Waals surface area contributed by atoms with E-state index in [2.05, 4.69) is 4.99 Å².